The molecule has 1 rings (SSSR count). The summed E-state index contributed by atoms with van der Waals surface area (Å²) in [6.45, 7) is 5.85. The Bertz CT molecular complexity index is 403. The van der Waals surface area contributed by atoms with Gasteiger partial charge in [0.05, 0.1) is 12.7 Å². The predicted molar refractivity (Wildman–Crippen MR) is 73.0 cm³/mol. The SMILES string of the molecule is CCOC(=O)C(CC)Oc1ccccc1[C@H](O)CC. The van der Waals surface area contributed by atoms with Gasteiger partial charge in [0.15, 0.2) is 6.10 Å². The first kappa shape index (κ1) is 15.5. The molecule has 0 fully saturated rings. The summed E-state index contributed by atoms with van der Waals surface area (Å²) in [5, 5.41) is 9.94. The highest BCUT2D eigenvalue weighted by molar-refractivity contribution is 5.75. The van der Waals surface area contributed by atoms with Crippen LogP contribution in [-0.2, 0) is 9.53 Å². The minimum absolute atomic E-state index is 0.331. The Morgan fingerprint density at radius 1 is 1.21 bits per heavy atom. The molecular weight excluding hydrogens is 244 g/mol. The van der Waals surface area contributed by atoms with Gasteiger partial charge in [-0.25, -0.2) is 4.79 Å². The number of carbonyl (C=O) groups is 1. The van der Waals surface area contributed by atoms with Crippen molar-refractivity contribution in [3.05, 3.63) is 29.8 Å². The van der Waals surface area contributed by atoms with Crippen LogP contribution in [0, 0.1) is 0 Å². The van der Waals surface area contributed by atoms with E-state index in [-0.39, 0.29) is 5.97 Å². The smallest absolute Gasteiger partial charge is 0.347 e. The van der Waals surface area contributed by atoms with Gasteiger partial charge in [-0.15, -0.1) is 0 Å². The third-order valence-electron chi connectivity index (χ3n) is 2.85. The van der Waals surface area contributed by atoms with Crippen LogP contribution in [0.5, 0.6) is 5.75 Å². The average molecular weight is 266 g/mol. The predicted octanol–water partition coefficient (Wildman–Crippen LogP) is 2.85. The van der Waals surface area contributed by atoms with Crippen molar-refractivity contribution >= 4 is 5.97 Å². The maximum atomic E-state index is 11.7. The van der Waals surface area contributed by atoms with Crippen LogP contribution in [-0.4, -0.2) is 23.8 Å². The van der Waals surface area contributed by atoms with E-state index in [9.17, 15) is 9.90 Å². The van der Waals surface area contributed by atoms with E-state index >= 15 is 0 Å². The summed E-state index contributed by atoms with van der Waals surface area (Å²) in [7, 11) is 0. The van der Waals surface area contributed by atoms with Crippen molar-refractivity contribution in [1.82, 2.24) is 0 Å². The lowest BCUT2D eigenvalue weighted by molar-refractivity contribution is -0.151. The lowest BCUT2D eigenvalue weighted by Crippen LogP contribution is -2.29. The molecule has 106 valence electrons. The molecule has 0 radical (unpaired) electrons. The second kappa shape index (κ2) is 7.79. The van der Waals surface area contributed by atoms with Crippen LogP contribution in [0.4, 0.5) is 0 Å². The lowest BCUT2D eigenvalue weighted by atomic mass is 10.1. The van der Waals surface area contributed by atoms with Crippen molar-refractivity contribution in [2.75, 3.05) is 6.61 Å². The fraction of sp³-hybridized carbons (Fsp3) is 0.533. The average Bonchev–Trinajstić information content (AvgIpc) is 2.44. The van der Waals surface area contributed by atoms with Crippen LogP contribution >= 0.6 is 0 Å². The highest BCUT2D eigenvalue weighted by Crippen LogP contribution is 2.28. The first-order valence-electron chi connectivity index (χ1n) is 6.74. The fourth-order valence-corrected chi connectivity index (χ4v) is 1.77. The monoisotopic (exact) mass is 266 g/mol. The van der Waals surface area contributed by atoms with Gasteiger partial charge in [-0.3, -0.25) is 0 Å². The molecule has 0 saturated heterocycles. The molecule has 0 heterocycles. The maximum Gasteiger partial charge on any atom is 0.347 e. The van der Waals surface area contributed by atoms with Gasteiger partial charge in [-0.2, -0.15) is 0 Å². The molecule has 0 aromatic heterocycles. The first-order valence-corrected chi connectivity index (χ1v) is 6.74. The molecule has 0 aliphatic rings. The highest BCUT2D eigenvalue weighted by atomic mass is 16.6. The third-order valence-corrected chi connectivity index (χ3v) is 2.85. The van der Waals surface area contributed by atoms with E-state index in [2.05, 4.69) is 0 Å². The molecule has 0 bridgehead atoms. The zero-order valence-corrected chi connectivity index (χ0v) is 11.8. The first-order chi connectivity index (χ1) is 9.13. The second-order valence-corrected chi connectivity index (χ2v) is 4.23. The number of aliphatic hydroxyl groups excluding tert-OH is 1. The Hall–Kier alpha value is -1.55. The second-order valence-electron chi connectivity index (χ2n) is 4.23. The summed E-state index contributed by atoms with van der Waals surface area (Å²) in [5.41, 5.74) is 0.702. The molecule has 0 spiro atoms. The number of esters is 1. The Kier molecular flexibility index (Phi) is 6.36. The molecule has 0 aliphatic heterocycles. The molecule has 4 nitrogen and oxygen atoms in total. The number of benzene rings is 1. The number of rotatable bonds is 7. The molecule has 0 amide bonds. The van der Waals surface area contributed by atoms with Gasteiger partial charge in [-0.1, -0.05) is 32.0 Å². The summed E-state index contributed by atoms with van der Waals surface area (Å²) < 4.78 is 10.7. The molecule has 0 aliphatic carbocycles. The fourth-order valence-electron chi connectivity index (χ4n) is 1.77. The number of carbonyl (C=O) groups excluding carboxylic acids is 1. The van der Waals surface area contributed by atoms with E-state index < -0.39 is 12.2 Å². The normalized spacial score (nSPS) is 13.7. The molecule has 19 heavy (non-hydrogen) atoms. The van der Waals surface area contributed by atoms with Gasteiger partial charge < -0.3 is 14.6 Å². The van der Waals surface area contributed by atoms with Gasteiger partial charge >= 0.3 is 5.97 Å². The van der Waals surface area contributed by atoms with Gasteiger partial charge in [0.25, 0.3) is 0 Å². The Morgan fingerprint density at radius 2 is 1.89 bits per heavy atom. The van der Waals surface area contributed by atoms with Gasteiger partial charge in [0.1, 0.15) is 5.75 Å². The van der Waals surface area contributed by atoms with Crippen molar-refractivity contribution in [3.63, 3.8) is 0 Å². The summed E-state index contributed by atoms with van der Waals surface area (Å²) >= 11 is 0. The lowest BCUT2D eigenvalue weighted by Gasteiger charge is -2.20. The van der Waals surface area contributed by atoms with Crippen molar-refractivity contribution in [2.24, 2.45) is 0 Å². The summed E-state index contributed by atoms with van der Waals surface area (Å²) in [6.07, 6.45) is -0.104. The molecule has 1 N–H and O–H groups in total. The number of aliphatic hydroxyl groups is 1. The van der Waals surface area contributed by atoms with Crippen LogP contribution in [0.1, 0.15) is 45.3 Å². The minimum Gasteiger partial charge on any atom is -0.478 e. The van der Waals surface area contributed by atoms with Gasteiger partial charge in [0.2, 0.25) is 0 Å². The summed E-state index contributed by atoms with van der Waals surface area (Å²) in [5.74, 6) is 0.169. The largest absolute Gasteiger partial charge is 0.478 e. The van der Waals surface area contributed by atoms with Crippen LogP contribution in [0.25, 0.3) is 0 Å². The molecule has 2 atom stereocenters. The van der Waals surface area contributed by atoms with Gasteiger partial charge in [0, 0.05) is 5.56 Å². The number of hydrogen-bond donors (Lipinski definition) is 1. The van der Waals surface area contributed by atoms with Crippen LogP contribution in [0.15, 0.2) is 24.3 Å². The zero-order chi connectivity index (χ0) is 14.3. The van der Waals surface area contributed by atoms with Crippen molar-refractivity contribution in [1.29, 1.82) is 0 Å². The molecular formula is C15H22O4. The summed E-state index contributed by atoms with van der Waals surface area (Å²) in [6, 6.07) is 7.23. The van der Waals surface area contributed by atoms with E-state index in [1.165, 1.54) is 0 Å². The quantitative estimate of drug-likeness (QED) is 0.771. The van der Waals surface area contributed by atoms with Crippen LogP contribution in [0.3, 0.4) is 0 Å². The number of ether oxygens (including phenoxy) is 2. The van der Waals surface area contributed by atoms with Crippen molar-refractivity contribution in [2.45, 2.75) is 45.8 Å². The van der Waals surface area contributed by atoms with Crippen molar-refractivity contribution in [3.8, 4) is 5.75 Å². The summed E-state index contributed by atoms with van der Waals surface area (Å²) in [4.78, 5) is 11.7. The van der Waals surface area contributed by atoms with Crippen LogP contribution < -0.4 is 4.74 Å². The van der Waals surface area contributed by atoms with E-state index in [1.54, 1.807) is 19.1 Å². The molecule has 1 unspecified atom stereocenters. The zero-order valence-electron chi connectivity index (χ0n) is 11.8. The standard InChI is InChI=1S/C15H22O4/c1-4-12(16)11-9-7-8-10-14(11)19-13(5-2)15(17)18-6-3/h7-10,12-13,16H,4-6H2,1-3H3/t12-,13?/m1/s1. The van der Waals surface area contributed by atoms with Crippen molar-refractivity contribution < 1.29 is 19.4 Å². The van der Waals surface area contributed by atoms with E-state index in [1.807, 2.05) is 26.0 Å². The molecule has 0 saturated carbocycles. The molecule has 1 aromatic carbocycles. The van der Waals surface area contributed by atoms with Gasteiger partial charge in [-0.05, 0) is 25.8 Å². The number of hydrogen-bond acceptors (Lipinski definition) is 4. The number of para-hydroxylation sites is 1. The molecule has 1 aromatic rings. The Balaban J connectivity index is 2.88. The Morgan fingerprint density at radius 3 is 2.47 bits per heavy atom. The van der Waals surface area contributed by atoms with E-state index in [0.717, 1.165) is 0 Å². The minimum atomic E-state index is -0.634. The third kappa shape index (κ3) is 4.24. The maximum absolute atomic E-state index is 11.7. The van der Waals surface area contributed by atoms with E-state index in [4.69, 9.17) is 9.47 Å². The highest BCUT2D eigenvalue weighted by Gasteiger charge is 2.21. The van der Waals surface area contributed by atoms with Crippen LogP contribution in [0.2, 0.25) is 0 Å². The molecule has 4 heteroatoms. The van der Waals surface area contributed by atoms with E-state index in [0.29, 0.717) is 30.8 Å². The Labute approximate surface area is 114 Å². The topological polar surface area (TPSA) is 55.8 Å².